The van der Waals surface area contributed by atoms with Crippen LogP contribution in [0.1, 0.15) is 35.0 Å². The van der Waals surface area contributed by atoms with Gasteiger partial charge in [-0.05, 0) is 40.9 Å². The third-order valence-electron chi connectivity index (χ3n) is 3.24. The highest BCUT2D eigenvalue weighted by Gasteiger charge is 2.19. The fourth-order valence-electron chi connectivity index (χ4n) is 2.21. The van der Waals surface area contributed by atoms with E-state index in [1.165, 1.54) is 0 Å². The minimum atomic E-state index is -0.325. The van der Waals surface area contributed by atoms with E-state index in [4.69, 9.17) is 9.15 Å². The highest BCUT2D eigenvalue weighted by Crippen LogP contribution is 2.25. The van der Waals surface area contributed by atoms with Crippen LogP contribution in [0.15, 0.2) is 27.3 Å². The number of carbonyl (C=O) groups excluding carboxylic acids is 1. The maximum Gasteiger partial charge on any atom is 0.292 e. The van der Waals surface area contributed by atoms with Crippen molar-refractivity contribution in [3.05, 3.63) is 34.3 Å². The Morgan fingerprint density at radius 1 is 1.50 bits per heavy atom. The van der Waals surface area contributed by atoms with E-state index < -0.39 is 0 Å². The number of aromatic amines is 1. The molecule has 1 aliphatic heterocycles. The van der Waals surface area contributed by atoms with Gasteiger partial charge in [-0.3, -0.25) is 9.89 Å². The van der Waals surface area contributed by atoms with E-state index in [0.717, 1.165) is 25.1 Å². The molecule has 1 atom stereocenters. The van der Waals surface area contributed by atoms with Crippen LogP contribution in [0, 0.1) is 0 Å². The first-order valence-electron chi connectivity index (χ1n) is 6.42. The number of anilines is 1. The van der Waals surface area contributed by atoms with Gasteiger partial charge in [-0.1, -0.05) is 0 Å². The van der Waals surface area contributed by atoms with Crippen molar-refractivity contribution in [1.82, 2.24) is 10.2 Å². The fourth-order valence-corrected chi connectivity index (χ4v) is 2.52. The smallest absolute Gasteiger partial charge is 0.292 e. The number of nitrogens with zero attached hydrogens (tertiary/aromatic N) is 1. The highest BCUT2D eigenvalue weighted by molar-refractivity contribution is 9.10. The lowest BCUT2D eigenvalue weighted by Gasteiger charge is -2.20. The standard InChI is InChI=1S/C13H14BrN3O3/c14-11-4-3-10(20-11)13(18)15-12-6-9(16-17-12)8-2-1-5-19-7-8/h3-4,6,8H,1-2,5,7H2,(H2,15,16,17,18). The Bertz CT molecular complexity index is 602. The summed E-state index contributed by atoms with van der Waals surface area (Å²) in [7, 11) is 0. The summed E-state index contributed by atoms with van der Waals surface area (Å²) in [5, 5.41) is 9.75. The zero-order chi connectivity index (χ0) is 13.9. The summed E-state index contributed by atoms with van der Waals surface area (Å²) in [6, 6.07) is 5.11. The minimum Gasteiger partial charge on any atom is -0.444 e. The normalized spacial score (nSPS) is 18.9. The fraction of sp³-hybridized carbons (Fsp3) is 0.385. The molecule has 0 spiro atoms. The molecular formula is C13H14BrN3O3. The molecule has 0 aliphatic carbocycles. The van der Waals surface area contributed by atoms with Crippen LogP contribution >= 0.6 is 15.9 Å². The number of H-pyrrole nitrogens is 1. The van der Waals surface area contributed by atoms with E-state index in [1.54, 1.807) is 12.1 Å². The molecule has 0 radical (unpaired) electrons. The van der Waals surface area contributed by atoms with Crippen molar-refractivity contribution in [1.29, 1.82) is 0 Å². The van der Waals surface area contributed by atoms with E-state index in [-0.39, 0.29) is 11.7 Å². The van der Waals surface area contributed by atoms with Gasteiger partial charge >= 0.3 is 0 Å². The number of ether oxygens (including phenoxy) is 1. The van der Waals surface area contributed by atoms with Gasteiger partial charge in [0.2, 0.25) is 0 Å². The van der Waals surface area contributed by atoms with Crippen LogP contribution < -0.4 is 5.32 Å². The lowest BCUT2D eigenvalue weighted by molar-refractivity contribution is 0.0793. The largest absolute Gasteiger partial charge is 0.444 e. The van der Waals surface area contributed by atoms with Crippen molar-refractivity contribution < 1.29 is 13.9 Å². The molecule has 2 N–H and O–H groups in total. The van der Waals surface area contributed by atoms with Crippen molar-refractivity contribution in [3.63, 3.8) is 0 Å². The predicted molar refractivity (Wildman–Crippen MR) is 75.7 cm³/mol. The maximum atomic E-state index is 11.9. The van der Waals surface area contributed by atoms with Gasteiger partial charge in [-0.15, -0.1) is 0 Å². The van der Waals surface area contributed by atoms with Gasteiger partial charge < -0.3 is 14.5 Å². The average molecular weight is 340 g/mol. The second-order valence-corrected chi connectivity index (χ2v) is 5.46. The first kappa shape index (κ1) is 13.4. The Kier molecular flexibility index (Phi) is 3.88. The number of halogens is 1. The zero-order valence-electron chi connectivity index (χ0n) is 10.7. The molecule has 0 saturated carbocycles. The second kappa shape index (κ2) is 5.80. The second-order valence-electron chi connectivity index (χ2n) is 4.68. The molecule has 3 rings (SSSR count). The number of hydrogen-bond acceptors (Lipinski definition) is 4. The summed E-state index contributed by atoms with van der Waals surface area (Å²) in [6.07, 6.45) is 2.12. The van der Waals surface area contributed by atoms with Crippen molar-refractivity contribution in [2.45, 2.75) is 18.8 Å². The first-order valence-corrected chi connectivity index (χ1v) is 7.21. The van der Waals surface area contributed by atoms with Crippen LogP contribution in [-0.2, 0) is 4.74 Å². The number of nitrogens with one attached hydrogen (secondary N) is 2. The highest BCUT2D eigenvalue weighted by atomic mass is 79.9. The molecule has 2 aromatic rings. The lowest BCUT2D eigenvalue weighted by atomic mass is 9.99. The van der Waals surface area contributed by atoms with Gasteiger partial charge in [0, 0.05) is 24.3 Å². The zero-order valence-corrected chi connectivity index (χ0v) is 12.3. The van der Waals surface area contributed by atoms with Crippen LogP contribution in [0.25, 0.3) is 0 Å². The van der Waals surface area contributed by atoms with Gasteiger partial charge in [-0.2, -0.15) is 5.10 Å². The van der Waals surface area contributed by atoms with E-state index in [0.29, 0.717) is 23.0 Å². The Morgan fingerprint density at radius 3 is 3.10 bits per heavy atom. The SMILES string of the molecule is O=C(Nc1cc(C2CCCOC2)[nH]n1)c1ccc(Br)o1. The van der Waals surface area contributed by atoms with Gasteiger partial charge in [0.25, 0.3) is 5.91 Å². The van der Waals surface area contributed by atoms with Crippen molar-refractivity contribution in [2.24, 2.45) is 0 Å². The molecule has 3 heterocycles. The Labute approximate surface area is 124 Å². The molecule has 20 heavy (non-hydrogen) atoms. The molecule has 6 nitrogen and oxygen atoms in total. The van der Waals surface area contributed by atoms with Crippen LogP contribution in [0.4, 0.5) is 5.82 Å². The molecule has 1 amide bonds. The number of furan rings is 1. The summed E-state index contributed by atoms with van der Waals surface area (Å²) >= 11 is 3.16. The molecule has 106 valence electrons. The van der Waals surface area contributed by atoms with Crippen LogP contribution in [0.2, 0.25) is 0 Å². The molecule has 7 heteroatoms. The molecule has 2 aromatic heterocycles. The topological polar surface area (TPSA) is 80.1 Å². The molecule has 0 bridgehead atoms. The Hall–Kier alpha value is -1.60. The van der Waals surface area contributed by atoms with E-state index in [2.05, 4.69) is 31.4 Å². The van der Waals surface area contributed by atoms with Gasteiger partial charge in [0.1, 0.15) is 0 Å². The van der Waals surface area contributed by atoms with E-state index in [9.17, 15) is 4.79 Å². The molecule has 1 saturated heterocycles. The van der Waals surface area contributed by atoms with Gasteiger partial charge in [-0.25, -0.2) is 0 Å². The Morgan fingerprint density at radius 2 is 2.40 bits per heavy atom. The van der Waals surface area contributed by atoms with Crippen LogP contribution in [0.3, 0.4) is 0 Å². The number of aromatic nitrogens is 2. The summed E-state index contributed by atoms with van der Waals surface area (Å²) < 4.78 is 11.1. The third kappa shape index (κ3) is 2.94. The number of carbonyl (C=O) groups is 1. The minimum absolute atomic E-state index is 0.238. The van der Waals surface area contributed by atoms with Crippen molar-refractivity contribution in [2.75, 3.05) is 18.5 Å². The summed E-state index contributed by atoms with van der Waals surface area (Å²) in [4.78, 5) is 11.9. The molecule has 1 fully saturated rings. The number of amides is 1. The summed E-state index contributed by atoms with van der Waals surface area (Å²) in [5.41, 5.74) is 0.987. The van der Waals surface area contributed by atoms with Crippen LogP contribution in [0.5, 0.6) is 0 Å². The monoisotopic (exact) mass is 339 g/mol. The van der Waals surface area contributed by atoms with Gasteiger partial charge in [0.15, 0.2) is 16.2 Å². The lowest BCUT2D eigenvalue weighted by Crippen LogP contribution is -2.15. The average Bonchev–Trinajstić information content (AvgIpc) is 3.09. The molecule has 0 aromatic carbocycles. The quantitative estimate of drug-likeness (QED) is 0.900. The Balaban J connectivity index is 1.66. The van der Waals surface area contributed by atoms with Crippen LogP contribution in [-0.4, -0.2) is 29.3 Å². The number of rotatable bonds is 3. The summed E-state index contributed by atoms with van der Waals surface area (Å²) in [5.74, 6) is 0.721. The third-order valence-corrected chi connectivity index (χ3v) is 3.66. The molecule has 1 aliphatic rings. The van der Waals surface area contributed by atoms with Crippen molar-refractivity contribution in [3.8, 4) is 0 Å². The molecule has 1 unspecified atom stereocenters. The van der Waals surface area contributed by atoms with E-state index in [1.807, 2.05) is 6.07 Å². The maximum absolute atomic E-state index is 11.9. The summed E-state index contributed by atoms with van der Waals surface area (Å²) in [6.45, 7) is 1.52. The van der Waals surface area contributed by atoms with Crippen molar-refractivity contribution >= 4 is 27.7 Å². The number of hydrogen-bond donors (Lipinski definition) is 2. The molecular weight excluding hydrogens is 326 g/mol. The predicted octanol–water partition coefficient (Wildman–Crippen LogP) is 2.91. The van der Waals surface area contributed by atoms with Gasteiger partial charge in [0.05, 0.1) is 6.61 Å². The first-order chi connectivity index (χ1) is 9.72. The van der Waals surface area contributed by atoms with E-state index >= 15 is 0 Å².